The van der Waals surface area contributed by atoms with E-state index in [1.54, 1.807) is 12.1 Å². The Morgan fingerprint density at radius 3 is 2.26 bits per heavy atom. The first-order chi connectivity index (χ1) is 16.1. The van der Waals surface area contributed by atoms with Gasteiger partial charge in [-0.15, -0.1) is 0 Å². The molecule has 0 heterocycles. The Kier molecular flexibility index (Phi) is 8.23. The second-order valence-corrected chi connectivity index (χ2v) is 10.5. The van der Waals surface area contributed by atoms with Crippen molar-refractivity contribution < 1.29 is 17.9 Å². The van der Waals surface area contributed by atoms with Crippen molar-refractivity contribution in [3.05, 3.63) is 87.9 Å². The van der Waals surface area contributed by atoms with E-state index in [0.717, 1.165) is 32.3 Å². The van der Waals surface area contributed by atoms with E-state index in [-0.39, 0.29) is 24.6 Å². The number of anilines is 1. The van der Waals surface area contributed by atoms with Gasteiger partial charge < -0.3 is 10.1 Å². The van der Waals surface area contributed by atoms with Gasteiger partial charge in [-0.3, -0.25) is 9.10 Å². The second-order valence-electron chi connectivity index (χ2n) is 8.20. The maximum absolute atomic E-state index is 13.4. The summed E-state index contributed by atoms with van der Waals surface area (Å²) in [5, 5.41) is 3.18. The van der Waals surface area contributed by atoms with Crippen LogP contribution in [0.3, 0.4) is 0 Å². The molecule has 0 aromatic heterocycles. The fraction of sp³-hybridized carbons (Fsp3) is 0.269. The number of aryl methyl sites for hydroxylation is 4. The Morgan fingerprint density at radius 2 is 1.59 bits per heavy atom. The number of amides is 1. The molecule has 3 aromatic carbocycles. The van der Waals surface area contributed by atoms with E-state index in [1.165, 1.54) is 24.3 Å². The average molecular weight is 501 g/mol. The summed E-state index contributed by atoms with van der Waals surface area (Å²) in [6.07, 6.45) is 0. The summed E-state index contributed by atoms with van der Waals surface area (Å²) in [5.41, 5.74) is 4.46. The number of hydrogen-bond acceptors (Lipinski definition) is 4. The van der Waals surface area contributed by atoms with Crippen molar-refractivity contribution in [2.75, 3.05) is 24.0 Å². The molecule has 3 rings (SSSR count). The molecule has 0 aliphatic rings. The number of benzene rings is 3. The molecular weight excluding hydrogens is 472 g/mol. The Bertz CT molecular complexity index is 1270. The smallest absolute Gasteiger partial charge is 0.264 e. The molecule has 0 saturated carbocycles. The fourth-order valence-corrected chi connectivity index (χ4v) is 4.87. The van der Waals surface area contributed by atoms with Crippen LogP contribution in [-0.4, -0.2) is 34.0 Å². The van der Waals surface area contributed by atoms with Gasteiger partial charge >= 0.3 is 0 Å². The quantitative estimate of drug-likeness (QED) is 0.421. The van der Waals surface area contributed by atoms with Crippen molar-refractivity contribution in [2.24, 2.45) is 0 Å². The summed E-state index contributed by atoms with van der Waals surface area (Å²) in [4.78, 5) is 12.8. The lowest BCUT2D eigenvalue weighted by molar-refractivity contribution is -0.119. The topological polar surface area (TPSA) is 75.7 Å². The Hall–Kier alpha value is -3.03. The Morgan fingerprint density at radius 1 is 0.912 bits per heavy atom. The van der Waals surface area contributed by atoms with E-state index < -0.39 is 15.9 Å². The highest BCUT2D eigenvalue weighted by Gasteiger charge is 2.27. The number of nitrogens with one attached hydrogen (secondary N) is 1. The molecule has 6 nitrogen and oxygen atoms in total. The highest BCUT2D eigenvalue weighted by Crippen LogP contribution is 2.26. The molecule has 0 aliphatic heterocycles. The van der Waals surface area contributed by atoms with Crippen molar-refractivity contribution >= 4 is 33.2 Å². The zero-order valence-corrected chi connectivity index (χ0v) is 21.3. The number of rotatable bonds is 9. The molecule has 1 amide bonds. The van der Waals surface area contributed by atoms with E-state index >= 15 is 0 Å². The van der Waals surface area contributed by atoms with Crippen molar-refractivity contribution in [3.63, 3.8) is 0 Å². The molecule has 1 N–H and O–H groups in total. The fourth-order valence-electron chi connectivity index (χ4n) is 3.33. The molecule has 0 saturated heterocycles. The van der Waals surface area contributed by atoms with Gasteiger partial charge in [0, 0.05) is 5.02 Å². The van der Waals surface area contributed by atoms with Crippen LogP contribution in [0, 0.1) is 27.7 Å². The normalized spacial score (nSPS) is 11.2. The van der Waals surface area contributed by atoms with Crippen molar-refractivity contribution in [2.45, 2.75) is 32.6 Å². The monoisotopic (exact) mass is 500 g/mol. The standard InChI is InChI=1S/C26H29ClN2O4S/c1-18-5-6-20(3)25(15-18)33-14-13-28-26(30)17-29(23-10-7-19(2)21(4)16-23)34(31,32)24-11-8-22(27)9-12-24/h5-12,15-16H,13-14,17H2,1-4H3,(H,28,30). The highest BCUT2D eigenvalue weighted by atomic mass is 35.5. The van der Waals surface area contributed by atoms with Gasteiger partial charge in [-0.2, -0.15) is 0 Å². The summed E-state index contributed by atoms with van der Waals surface area (Å²) in [5.74, 6) is 0.330. The lowest BCUT2D eigenvalue weighted by atomic mass is 10.1. The zero-order valence-electron chi connectivity index (χ0n) is 19.8. The molecule has 0 unspecified atom stereocenters. The lowest BCUT2D eigenvalue weighted by Crippen LogP contribution is -2.42. The van der Waals surface area contributed by atoms with Gasteiger partial charge in [-0.1, -0.05) is 29.8 Å². The Balaban J connectivity index is 1.74. The van der Waals surface area contributed by atoms with Crippen LogP contribution in [0.1, 0.15) is 22.3 Å². The summed E-state index contributed by atoms with van der Waals surface area (Å²) in [6.45, 7) is 7.93. The molecule has 0 bridgehead atoms. The van der Waals surface area contributed by atoms with Crippen LogP contribution in [-0.2, 0) is 14.8 Å². The first-order valence-corrected chi connectivity index (χ1v) is 12.7. The number of sulfonamides is 1. The predicted molar refractivity (Wildman–Crippen MR) is 136 cm³/mol. The molecule has 0 aliphatic carbocycles. The maximum Gasteiger partial charge on any atom is 0.264 e. The van der Waals surface area contributed by atoms with Gasteiger partial charge in [0.15, 0.2) is 0 Å². The summed E-state index contributed by atoms with van der Waals surface area (Å²) in [7, 11) is -4.00. The minimum absolute atomic E-state index is 0.0567. The van der Waals surface area contributed by atoms with Crippen LogP contribution in [0.15, 0.2) is 65.6 Å². The van der Waals surface area contributed by atoms with E-state index in [2.05, 4.69) is 5.32 Å². The highest BCUT2D eigenvalue weighted by molar-refractivity contribution is 7.92. The number of hydrogen-bond donors (Lipinski definition) is 1. The summed E-state index contributed by atoms with van der Waals surface area (Å²) in [6, 6.07) is 17.1. The molecule has 3 aromatic rings. The van der Waals surface area contributed by atoms with E-state index in [0.29, 0.717) is 10.7 Å². The number of ether oxygens (including phenoxy) is 1. The van der Waals surface area contributed by atoms with Crippen molar-refractivity contribution in [1.82, 2.24) is 5.32 Å². The van der Waals surface area contributed by atoms with Crippen LogP contribution < -0.4 is 14.4 Å². The molecule has 180 valence electrons. The average Bonchev–Trinajstić information content (AvgIpc) is 2.79. The predicted octanol–water partition coefficient (Wildman–Crippen LogP) is 4.96. The zero-order chi connectivity index (χ0) is 24.9. The van der Waals surface area contributed by atoms with Crippen LogP contribution in [0.5, 0.6) is 5.75 Å². The van der Waals surface area contributed by atoms with Gasteiger partial charge in [-0.05, 0) is 92.4 Å². The van der Waals surface area contributed by atoms with E-state index in [4.69, 9.17) is 16.3 Å². The van der Waals surface area contributed by atoms with Crippen LogP contribution >= 0.6 is 11.6 Å². The largest absolute Gasteiger partial charge is 0.491 e. The second kappa shape index (κ2) is 10.9. The van der Waals surface area contributed by atoms with Crippen molar-refractivity contribution in [3.8, 4) is 5.75 Å². The molecule has 8 heteroatoms. The van der Waals surface area contributed by atoms with Gasteiger partial charge in [0.1, 0.15) is 18.9 Å². The van der Waals surface area contributed by atoms with Crippen LogP contribution in [0.2, 0.25) is 5.02 Å². The third-order valence-electron chi connectivity index (χ3n) is 5.49. The third kappa shape index (κ3) is 6.30. The Labute approximate surface area is 206 Å². The first kappa shape index (κ1) is 25.6. The number of halogens is 1. The van der Waals surface area contributed by atoms with E-state index in [9.17, 15) is 13.2 Å². The minimum Gasteiger partial charge on any atom is -0.491 e. The summed E-state index contributed by atoms with van der Waals surface area (Å²) >= 11 is 5.93. The molecule has 0 fully saturated rings. The van der Waals surface area contributed by atoms with Gasteiger partial charge in [0.25, 0.3) is 10.0 Å². The maximum atomic E-state index is 13.4. The molecule has 0 radical (unpaired) electrons. The van der Waals surface area contributed by atoms with Crippen LogP contribution in [0.4, 0.5) is 5.69 Å². The van der Waals surface area contributed by atoms with Crippen LogP contribution in [0.25, 0.3) is 0 Å². The molecule has 0 atom stereocenters. The van der Waals surface area contributed by atoms with Crippen molar-refractivity contribution in [1.29, 1.82) is 0 Å². The molecule has 34 heavy (non-hydrogen) atoms. The minimum atomic E-state index is -4.00. The number of nitrogens with zero attached hydrogens (tertiary/aromatic N) is 1. The first-order valence-electron chi connectivity index (χ1n) is 10.9. The molecule has 0 spiro atoms. The van der Waals surface area contributed by atoms with E-state index in [1.807, 2.05) is 52.0 Å². The molecular formula is C26H29ClN2O4S. The SMILES string of the molecule is Cc1ccc(C)c(OCCNC(=O)CN(c2ccc(C)c(C)c2)S(=O)(=O)c2ccc(Cl)cc2)c1. The van der Waals surface area contributed by atoms with Gasteiger partial charge in [0.05, 0.1) is 17.1 Å². The number of carbonyl (C=O) groups is 1. The third-order valence-corrected chi connectivity index (χ3v) is 7.53. The van der Waals surface area contributed by atoms with Gasteiger partial charge in [0.2, 0.25) is 5.91 Å². The van der Waals surface area contributed by atoms with Gasteiger partial charge in [-0.25, -0.2) is 8.42 Å². The summed E-state index contributed by atoms with van der Waals surface area (Å²) < 4.78 is 33.8. The number of carbonyl (C=O) groups excluding carboxylic acids is 1. The lowest BCUT2D eigenvalue weighted by Gasteiger charge is -2.25.